The number of nitrogens with one attached hydrogen (secondary N) is 1. The van der Waals surface area contributed by atoms with Crippen LogP contribution >= 0.6 is 11.3 Å². The van der Waals surface area contributed by atoms with Gasteiger partial charge in [0.25, 0.3) is 10.0 Å². The first-order valence-electron chi connectivity index (χ1n) is 9.20. The summed E-state index contributed by atoms with van der Waals surface area (Å²) in [5, 5.41) is 2.80. The number of benzene rings is 3. The minimum Gasteiger partial charge on any atom is -0.406 e. The predicted molar refractivity (Wildman–Crippen MR) is 117 cm³/mol. The second-order valence-electron chi connectivity index (χ2n) is 6.61. The number of thiazole rings is 1. The highest BCUT2D eigenvalue weighted by Gasteiger charge is 2.31. The molecular weight excluding hydrogens is 461 g/mol. The zero-order chi connectivity index (χ0) is 22.8. The monoisotopic (exact) mass is 476 g/mol. The molecule has 4 aromatic rings. The number of rotatable bonds is 6. The summed E-state index contributed by atoms with van der Waals surface area (Å²) in [6.45, 7) is 0. The molecule has 3 aromatic carbocycles. The van der Waals surface area contributed by atoms with Crippen molar-refractivity contribution in [1.82, 2.24) is 4.98 Å². The first-order chi connectivity index (χ1) is 15.2. The largest absolute Gasteiger partial charge is 0.573 e. The Morgan fingerprint density at radius 1 is 0.844 bits per heavy atom. The Labute approximate surface area is 186 Å². The number of aromatic nitrogens is 1. The van der Waals surface area contributed by atoms with Crippen LogP contribution in [0.4, 0.5) is 18.9 Å². The highest BCUT2D eigenvalue weighted by Crippen LogP contribution is 2.30. The van der Waals surface area contributed by atoms with Crippen LogP contribution in [0.2, 0.25) is 0 Å². The molecule has 0 radical (unpaired) electrons. The molecule has 0 saturated carbocycles. The highest BCUT2D eigenvalue weighted by atomic mass is 32.2. The molecular formula is C22H15F3N2O3S2. The SMILES string of the molecule is O=S(=O)(Nc1ccc(-c2csc(-c3ccccc3)n2)cc1)c1ccc(OC(F)(F)F)cc1. The van der Waals surface area contributed by atoms with Gasteiger partial charge in [-0.05, 0) is 36.4 Å². The van der Waals surface area contributed by atoms with Crippen molar-refractivity contribution in [2.45, 2.75) is 11.3 Å². The Bertz CT molecular complexity index is 1300. The van der Waals surface area contributed by atoms with Gasteiger partial charge in [-0.2, -0.15) is 0 Å². The topological polar surface area (TPSA) is 68.3 Å². The van der Waals surface area contributed by atoms with E-state index in [4.69, 9.17) is 0 Å². The standard InChI is InChI=1S/C22H15F3N2O3S2/c23-22(24,25)30-18-10-12-19(13-11-18)32(28,29)27-17-8-6-15(7-9-17)20-14-31-21(26-20)16-4-2-1-3-5-16/h1-14,27H. The second kappa shape index (κ2) is 8.64. The van der Waals surface area contributed by atoms with Crippen molar-refractivity contribution in [3.05, 3.63) is 84.2 Å². The molecule has 0 aliphatic rings. The third-order valence-corrected chi connectivity index (χ3v) is 6.61. The zero-order valence-electron chi connectivity index (χ0n) is 16.2. The molecule has 0 bridgehead atoms. The van der Waals surface area contributed by atoms with Crippen LogP contribution in [0.1, 0.15) is 0 Å². The summed E-state index contributed by atoms with van der Waals surface area (Å²) in [5.41, 5.74) is 2.91. The first-order valence-corrected chi connectivity index (χ1v) is 11.6. The van der Waals surface area contributed by atoms with Gasteiger partial charge in [-0.15, -0.1) is 24.5 Å². The van der Waals surface area contributed by atoms with E-state index in [0.29, 0.717) is 5.69 Å². The van der Waals surface area contributed by atoms with Crippen LogP contribution in [0.15, 0.2) is 89.1 Å². The lowest BCUT2D eigenvalue weighted by Gasteiger charge is -2.11. The summed E-state index contributed by atoms with van der Waals surface area (Å²) in [6, 6.07) is 20.4. The fourth-order valence-corrected chi connectivity index (χ4v) is 4.76. The lowest BCUT2D eigenvalue weighted by atomic mass is 10.1. The molecule has 0 spiro atoms. The second-order valence-corrected chi connectivity index (χ2v) is 9.15. The number of ether oxygens (including phenoxy) is 1. The molecule has 0 saturated heterocycles. The van der Waals surface area contributed by atoms with Crippen LogP contribution in [0, 0.1) is 0 Å². The smallest absolute Gasteiger partial charge is 0.406 e. The Balaban J connectivity index is 1.47. The van der Waals surface area contributed by atoms with Crippen molar-refractivity contribution in [3.8, 4) is 27.6 Å². The van der Waals surface area contributed by atoms with Gasteiger partial charge in [0.2, 0.25) is 0 Å². The van der Waals surface area contributed by atoms with Crippen LogP contribution in [-0.4, -0.2) is 19.8 Å². The average Bonchev–Trinajstić information content (AvgIpc) is 3.24. The maximum atomic E-state index is 12.5. The molecule has 164 valence electrons. The summed E-state index contributed by atoms with van der Waals surface area (Å²) in [7, 11) is -3.98. The summed E-state index contributed by atoms with van der Waals surface area (Å²) < 4.78 is 68.0. The number of halogens is 3. The maximum absolute atomic E-state index is 12.5. The first kappa shape index (κ1) is 21.8. The normalized spacial score (nSPS) is 11.8. The maximum Gasteiger partial charge on any atom is 0.573 e. The van der Waals surface area contributed by atoms with Gasteiger partial charge in [0.05, 0.1) is 10.6 Å². The molecule has 0 unspecified atom stereocenters. The molecule has 0 amide bonds. The molecule has 5 nitrogen and oxygen atoms in total. The van der Waals surface area contributed by atoms with E-state index in [1.54, 1.807) is 24.3 Å². The molecule has 0 aliphatic heterocycles. The van der Waals surface area contributed by atoms with Crippen LogP contribution < -0.4 is 9.46 Å². The number of sulfonamides is 1. The number of hydrogen-bond donors (Lipinski definition) is 1. The number of alkyl halides is 3. The van der Waals surface area contributed by atoms with Gasteiger partial charge in [0.15, 0.2) is 0 Å². The number of nitrogens with zero attached hydrogens (tertiary/aromatic N) is 1. The van der Waals surface area contributed by atoms with Gasteiger partial charge in [0.1, 0.15) is 10.8 Å². The van der Waals surface area contributed by atoms with Crippen molar-refractivity contribution >= 4 is 27.0 Å². The quantitative estimate of drug-likeness (QED) is 0.361. The van der Waals surface area contributed by atoms with E-state index in [2.05, 4.69) is 14.4 Å². The van der Waals surface area contributed by atoms with Gasteiger partial charge in [-0.3, -0.25) is 4.72 Å². The molecule has 32 heavy (non-hydrogen) atoms. The van der Waals surface area contributed by atoms with Gasteiger partial charge in [0, 0.05) is 22.2 Å². The van der Waals surface area contributed by atoms with Gasteiger partial charge < -0.3 is 4.74 Å². The predicted octanol–water partition coefficient (Wildman–Crippen LogP) is 6.18. The van der Waals surface area contributed by atoms with Crippen LogP contribution in [0.3, 0.4) is 0 Å². The van der Waals surface area contributed by atoms with Crippen molar-refractivity contribution in [1.29, 1.82) is 0 Å². The van der Waals surface area contributed by atoms with Crippen LogP contribution in [0.25, 0.3) is 21.8 Å². The highest BCUT2D eigenvalue weighted by molar-refractivity contribution is 7.92. The lowest BCUT2D eigenvalue weighted by Crippen LogP contribution is -2.17. The van der Waals surface area contributed by atoms with Crippen LogP contribution in [-0.2, 0) is 10.0 Å². The third kappa shape index (κ3) is 5.27. The molecule has 0 fully saturated rings. The van der Waals surface area contributed by atoms with E-state index in [1.165, 1.54) is 11.3 Å². The van der Waals surface area contributed by atoms with Gasteiger partial charge >= 0.3 is 6.36 Å². The van der Waals surface area contributed by atoms with Gasteiger partial charge in [-0.1, -0.05) is 42.5 Å². The van der Waals surface area contributed by atoms with Gasteiger partial charge in [-0.25, -0.2) is 13.4 Å². The summed E-state index contributed by atoms with van der Waals surface area (Å²) >= 11 is 1.51. The molecule has 4 rings (SSSR count). The van der Waals surface area contributed by atoms with E-state index in [-0.39, 0.29) is 4.90 Å². The summed E-state index contributed by atoms with van der Waals surface area (Å²) in [5.74, 6) is -0.501. The van der Waals surface area contributed by atoms with Crippen molar-refractivity contribution in [2.24, 2.45) is 0 Å². The van der Waals surface area contributed by atoms with Crippen molar-refractivity contribution < 1.29 is 26.3 Å². The number of hydrogen-bond acceptors (Lipinski definition) is 5. The minimum atomic E-state index is -4.85. The van der Waals surface area contributed by atoms with E-state index in [0.717, 1.165) is 46.1 Å². The molecule has 1 N–H and O–H groups in total. The van der Waals surface area contributed by atoms with E-state index < -0.39 is 22.1 Å². The molecule has 0 atom stereocenters. The average molecular weight is 477 g/mol. The lowest BCUT2D eigenvalue weighted by molar-refractivity contribution is -0.274. The summed E-state index contributed by atoms with van der Waals surface area (Å²) in [4.78, 5) is 4.43. The molecule has 1 heterocycles. The third-order valence-electron chi connectivity index (χ3n) is 4.33. The Morgan fingerprint density at radius 3 is 2.12 bits per heavy atom. The minimum absolute atomic E-state index is 0.192. The van der Waals surface area contributed by atoms with Crippen molar-refractivity contribution in [3.63, 3.8) is 0 Å². The fourth-order valence-electron chi connectivity index (χ4n) is 2.86. The molecule has 10 heteroatoms. The van der Waals surface area contributed by atoms with Crippen molar-refractivity contribution in [2.75, 3.05) is 4.72 Å². The van der Waals surface area contributed by atoms with E-state index in [1.807, 2.05) is 35.7 Å². The number of anilines is 1. The fraction of sp³-hybridized carbons (Fsp3) is 0.0455. The summed E-state index contributed by atoms with van der Waals surface area (Å²) in [6.07, 6.45) is -4.85. The Kier molecular flexibility index (Phi) is 5.90. The Morgan fingerprint density at radius 2 is 1.50 bits per heavy atom. The van der Waals surface area contributed by atoms with E-state index in [9.17, 15) is 21.6 Å². The Hall–Kier alpha value is -3.37. The van der Waals surface area contributed by atoms with Crippen LogP contribution in [0.5, 0.6) is 5.75 Å². The molecule has 1 aromatic heterocycles. The van der Waals surface area contributed by atoms with E-state index >= 15 is 0 Å². The zero-order valence-corrected chi connectivity index (χ0v) is 17.8. The molecule has 0 aliphatic carbocycles.